The van der Waals surface area contributed by atoms with Crippen LogP contribution in [0.3, 0.4) is 0 Å². The molecule has 0 spiro atoms. The zero-order valence-electron chi connectivity index (χ0n) is 19.0. The van der Waals surface area contributed by atoms with Gasteiger partial charge in [-0.1, -0.05) is 18.2 Å². The maximum Gasteiger partial charge on any atom is 0.279 e. The Hall–Kier alpha value is -3.19. The minimum atomic E-state index is -0.167. The van der Waals surface area contributed by atoms with Crippen LogP contribution in [-0.2, 0) is 14.4 Å². The maximum absolute atomic E-state index is 12.5. The highest BCUT2D eigenvalue weighted by atomic mass is 16.2. The number of anilines is 2. The smallest absolute Gasteiger partial charge is 0.279 e. The van der Waals surface area contributed by atoms with Gasteiger partial charge in [0.25, 0.3) is 11.8 Å². The molecule has 0 saturated heterocycles. The summed E-state index contributed by atoms with van der Waals surface area (Å²) in [6.45, 7) is 10.5. The summed E-state index contributed by atoms with van der Waals surface area (Å²) in [6, 6.07) is 13.0. The molecule has 0 aliphatic rings. The van der Waals surface area contributed by atoms with Crippen molar-refractivity contribution in [2.75, 3.05) is 30.3 Å². The fourth-order valence-electron chi connectivity index (χ4n) is 3.22. The van der Waals surface area contributed by atoms with Crippen LogP contribution in [0.1, 0.15) is 43.5 Å². The number of rotatable bonds is 9. The van der Waals surface area contributed by atoms with Crippen molar-refractivity contribution in [2.24, 2.45) is 0 Å². The first-order valence-electron chi connectivity index (χ1n) is 10.6. The summed E-state index contributed by atoms with van der Waals surface area (Å²) in [5.41, 5.74) is 4.79. The molecule has 2 rings (SSSR count). The molecular formula is C24H33N4O3+. The monoisotopic (exact) mass is 425 g/mol. The molecule has 0 aliphatic heterocycles. The molecule has 0 aliphatic carbocycles. The molecule has 0 radical (unpaired) electrons. The van der Waals surface area contributed by atoms with Gasteiger partial charge in [-0.2, -0.15) is 0 Å². The number of carbonyl (C=O) groups excluding carboxylic acids is 3. The molecule has 1 unspecified atom stereocenters. The van der Waals surface area contributed by atoms with Crippen LogP contribution in [0.25, 0.3) is 0 Å². The Kier molecular flexibility index (Phi) is 8.75. The van der Waals surface area contributed by atoms with Crippen LogP contribution in [0.15, 0.2) is 42.5 Å². The van der Waals surface area contributed by atoms with E-state index in [0.717, 1.165) is 10.5 Å². The number of nitrogens with one attached hydrogen (secondary N) is 4. The standard InChI is InChI=1S/C24H32N4O3/c1-6-28(14-23(30)25-18(4)20-8-7-16(2)17(3)13-20)15-24(31)27-22-11-9-21(10-12-22)26-19(5)29/h7-13,18H,6,14-15H2,1-5H3,(H,25,30)(H,26,29)(H,27,31)/p+1/t18-/m0/s1. The van der Waals surface area contributed by atoms with Crippen molar-refractivity contribution >= 4 is 29.1 Å². The van der Waals surface area contributed by atoms with Gasteiger partial charge in [-0.05, 0) is 68.7 Å². The van der Waals surface area contributed by atoms with E-state index in [4.69, 9.17) is 0 Å². The lowest BCUT2D eigenvalue weighted by Crippen LogP contribution is -3.14. The molecule has 0 bridgehead atoms. The van der Waals surface area contributed by atoms with E-state index in [0.29, 0.717) is 17.9 Å². The summed E-state index contributed by atoms with van der Waals surface area (Å²) in [5.74, 6) is -0.404. The summed E-state index contributed by atoms with van der Waals surface area (Å²) in [6.07, 6.45) is 0. The minimum absolute atomic E-state index is 0.0879. The summed E-state index contributed by atoms with van der Waals surface area (Å²) in [7, 11) is 0. The van der Waals surface area contributed by atoms with Crippen LogP contribution in [0.2, 0.25) is 0 Å². The number of likely N-dealkylation sites (N-methyl/N-ethyl adjacent to an activating group) is 1. The molecule has 7 heteroatoms. The highest BCUT2D eigenvalue weighted by Gasteiger charge is 2.18. The number of quaternary nitrogens is 1. The van der Waals surface area contributed by atoms with Crippen LogP contribution >= 0.6 is 0 Å². The second-order valence-corrected chi connectivity index (χ2v) is 7.90. The van der Waals surface area contributed by atoms with Gasteiger partial charge in [0.15, 0.2) is 13.1 Å². The Morgan fingerprint density at radius 2 is 1.45 bits per heavy atom. The Morgan fingerprint density at radius 1 is 0.871 bits per heavy atom. The first-order chi connectivity index (χ1) is 14.7. The van der Waals surface area contributed by atoms with E-state index in [-0.39, 0.29) is 36.9 Å². The van der Waals surface area contributed by atoms with Crippen LogP contribution in [0.5, 0.6) is 0 Å². The molecule has 7 nitrogen and oxygen atoms in total. The van der Waals surface area contributed by atoms with Crippen molar-refractivity contribution in [1.29, 1.82) is 0 Å². The van der Waals surface area contributed by atoms with Gasteiger partial charge in [-0.3, -0.25) is 14.4 Å². The first kappa shape index (κ1) is 24.1. The van der Waals surface area contributed by atoms with E-state index in [1.54, 1.807) is 24.3 Å². The van der Waals surface area contributed by atoms with Crippen LogP contribution in [-0.4, -0.2) is 37.4 Å². The topological polar surface area (TPSA) is 91.7 Å². The van der Waals surface area contributed by atoms with Gasteiger partial charge in [-0.15, -0.1) is 0 Å². The number of hydrogen-bond acceptors (Lipinski definition) is 3. The van der Waals surface area contributed by atoms with Crippen LogP contribution in [0.4, 0.5) is 11.4 Å². The molecule has 2 atom stereocenters. The normalized spacial score (nSPS) is 12.5. The van der Waals surface area contributed by atoms with E-state index in [1.807, 2.05) is 19.9 Å². The largest absolute Gasteiger partial charge is 0.345 e. The summed E-state index contributed by atoms with van der Waals surface area (Å²) < 4.78 is 0. The maximum atomic E-state index is 12.5. The van der Waals surface area contributed by atoms with Gasteiger partial charge in [0, 0.05) is 18.3 Å². The molecule has 4 N–H and O–H groups in total. The molecule has 2 aromatic rings. The summed E-state index contributed by atoms with van der Waals surface area (Å²) in [4.78, 5) is 36.9. The summed E-state index contributed by atoms with van der Waals surface area (Å²) >= 11 is 0. The van der Waals surface area contributed by atoms with Crippen molar-refractivity contribution < 1.29 is 19.3 Å². The number of aryl methyl sites for hydroxylation is 2. The van der Waals surface area contributed by atoms with E-state index in [9.17, 15) is 14.4 Å². The molecule has 0 fully saturated rings. The molecule has 0 saturated carbocycles. The van der Waals surface area contributed by atoms with Gasteiger partial charge in [0.1, 0.15) is 0 Å². The molecule has 0 aromatic heterocycles. The fourth-order valence-corrected chi connectivity index (χ4v) is 3.22. The average Bonchev–Trinajstić information content (AvgIpc) is 2.70. The second kappa shape index (κ2) is 11.3. The van der Waals surface area contributed by atoms with Crippen molar-refractivity contribution in [2.45, 2.75) is 40.7 Å². The van der Waals surface area contributed by atoms with Crippen molar-refractivity contribution in [3.05, 3.63) is 59.2 Å². The predicted molar refractivity (Wildman–Crippen MR) is 123 cm³/mol. The van der Waals surface area contributed by atoms with E-state index in [2.05, 4.69) is 41.9 Å². The minimum Gasteiger partial charge on any atom is -0.345 e. The van der Waals surface area contributed by atoms with E-state index < -0.39 is 0 Å². The fraction of sp³-hybridized carbons (Fsp3) is 0.375. The molecule has 2 aromatic carbocycles. The quantitative estimate of drug-likeness (QED) is 0.495. The molecule has 3 amide bonds. The Bertz CT molecular complexity index is 925. The lowest BCUT2D eigenvalue weighted by atomic mass is 10.0. The van der Waals surface area contributed by atoms with Crippen LogP contribution < -0.4 is 20.9 Å². The highest BCUT2D eigenvalue weighted by molar-refractivity contribution is 5.92. The second-order valence-electron chi connectivity index (χ2n) is 7.90. The predicted octanol–water partition coefficient (Wildman–Crippen LogP) is 1.98. The number of hydrogen-bond donors (Lipinski definition) is 4. The summed E-state index contributed by atoms with van der Waals surface area (Å²) in [5, 5.41) is 8.54. The zero-order chi connectivity index (χ0) is 23.0. The van der Waals surface area contributed by atoms with Gasteiger partial charge in [-0.25, -0.2) is 0 Å². The Morgan fingerprint density at radius 3 is 2.00 bits per heavy atom. The Labute approximate surface area is 184 Å². The van der Waals surface area contributed by atoms with Gasteiger partial charge in [0.05, 0.1) is 12.6 Å². The lowest BCUT2D eigenvalue weighted by Gasteiger charge is -2.20. The first-order valence-corrected chi connectivity index (χ1v) is 10.6. The average molecular weight is 426 g/mol. The number of amides is 3. The molecule has 31 heavy (non-hydrogen) atoms. The third kappa shape index (κ3) is 7.86. The van der Waals surface area contributed by atoms with Crippen molar-refractivity contribution in [1.82, 2.24) is 5.32 Å². The third-order valence-corrected chi connectivity index (χ3v) is 5.22. The highest BCUT2D eigenvalue weighted by Crippen LogP contribution is 2.16. The zero-order valence-corrected chi connectivity index (χ0v) is 19.0. The molecule has 166 valence electrons. The van der Waals surface area contributed by atoms with Gasteiger partial charge >= 0.3 is 0 Å². The van der Waals surface area contributed by atoms with E-state index >= 15 is 0 Å². The van der Waals surface area contributed by atoms with Gasteiger partial charge in [0.2, 0.25) is 5.91 Å². The van der Waals surface area contributed by atoms with Crippen LogP contribution in [0, 0.1) is 13.8 Å². The number of benzene rings is 2. The molecular weight excluding hydrogens is 392 g/mol. The Balaban J connectivity index is 1.85. The lowest BCUT2D eigenvalue weighted by molar-refractivity contribution is -0.881. The van der Waals surface area contributed by atoms with Crippen molar-refractivity contribution in [3.63, 3.8) is 0 Å². The van der Waals surface area contributed by atoms with Gasteiger partial charge < -0.3 is 20.9 Å². The van der Waals surface area contributed by atoms with E-state index in [1.165, 1.54) is 18.1 Å². The SMILES string of the molecule is CC[NH+](CC(=O)Nc1ccc(NC(C)=O)cc1)CC(=O)N[C@@H](C)c1ccc(C)c(C)c1. The van der Waals surface area contributed by atoms with Crippen molar-refractivity contribution in [3.8, 4) is 0 Å². The number of carbonyl (C=O) groups is 3. The molecule has 0 heterocycles. The third-order valence-electron chi connectivity index (χ3n) is 5.22.